The fraction of sp³-hybridized carbons (Fsp3) is 0.919. The molecule has 0 N–H and O–H groups in total. The van der Waals surface area contributed by atoms with Gasteiger partial charge >= 0.3 is 59.7 Å². The zero-order valence-electron chi connectivity index (χ0n) is 98.0. The number of esters is 10. The summed E-state index contributed by atoms with van der Waals surface area (Å²) in [7, 11) is 0. The molecule has 0 aliphatic heterocycles. The highest BCUT2D eigenvalue weighted by molar-refractivity contribution is 5.83. The van der Waals surface area contributed by atoms with Crippen LogP contribution in [0.3, 0.4) is 0 Å². The monoisotopic (exact) mass is 2020 g/mol. The molecule has 8 unspecified atom stereocenters. The van der Waals surface area contributed by atoms with Crippen molar-refractivity contribution in [2.24, 2.45) is 139 Å². The van der Waals surface area contributed by atoms with Crippen LogP contribution in [0.2, 0.25) is 0 Å². The van der Waals surface area contributed by atoms with Crippen molar-refractivity contribution in [1.29, 1.82) is 0 Å². The Hall–Kier alpha value is -5.30. The molecule has 0 radical (unpaired) electrons. The van der Waals surface area contributed by atoms with Crippen LogP contribution in [-0.4, -0.2) is 121 Å². The van der Waals surface area contributed by atoms with Crippen LogP contribution < -0.4 is 0 Å². The predicted molar refractivity (Wildman–Crippen MR) is 575 cm³/mol. The van der Waals surface area contributed by atoms with Gasteiger partial charge in [0.15, 0.2) is 33.0 Å². The minimum Gasteiger partial charge on any atom is -0.457 e. The molecule has 0 saturated heterocycles. The van der Waals surface area contributed by atoms with Gasteiger partial charge in [-0.2, -0.15) is 0 Å². The third kappa shape index (κ3) is 32.4. The van der Waals surface area contributed by atoms with E-state index in [2.05, 4.69) is 55.4 Å². The van der Waals surface area contributed by atoms with Gasteiger partial charge in [0.1, 0.15) is 28.0 Å². The van der Waals surface area contributed by atoms with E-state index in [9.17, 15) is 47.9 Å². The minimum absolute atomic E-state index is 0.124. The zero-order valence-corrected chi connectivity index (χ0v) is 98.0. The molecule has 8 atom stereocenters. The van der Waals surface area contributed by atoms with Gasteiger partial charge in [-0.25, -0.2) is 24.0 Å². The second kappa shape index (κ2) is 57.8. The summed E-state index contributed by atoms with van der Waals surface area (Å²) in [4.78, 5) is 124. The molecule has 12 bridgehead atoms. The molecule has 16 saturated carbocycles. The number of carbonyl (C=O) groups excluding carboxylic acids is 10. The average molecular weight is 2020 g/mol. The lowest BCUT2D eigenvalue weighted by molar-refractivity contribution is -0.215. The van der Waals surface area contributed by atoms with E-state index >= 15 is 0 Å². The summed E-state index contributed by atoms with van der Waals surface area (Å²) in [5.74, 6) is 8.89. The fourth-order valence-electron chi connectivity index (χ4n) is 29.5. The van der Waals surface area contributed by atoms with Crippen LogP contribution in [0.1, 0.15) is 524 Å². The molecule has 20 nitrogen and oxygen atoms in total. The maximum Gasteiger partial charge on any atom is 0.344 e. The third-order valence-electron chi connectivity index (χ3n) is 39.0. The Balaban J connectivity index is 0.000000308. The first-order chi connectivity index (χ1) is 67.6. The highest BCUT2D eigenvalue weighted by atomic mass is 16.6. The molecule has 0 amide bonds. The van der Waals surface area contributed by atoms with E-state index in [1.807, 2.05) is 173 Å². The van der Waals surface area contributed by atoms with Gasteiger partial charge in [0.2, 0.25) is 0 Å². The molecule has 830 valence electrons. The Labute approximate surface area is 873 Å². The number of hydrogen-bond donors (Lipinski definition) is 0. The van der Waals surface area contributed by atoms with Gasteiger partial charge in [0.05, 0.1) is 27.1 Å². The van der Waals surface area contributed by atoms with Gasteiger partial charge in [-0.05, 0) is 410 Å². The highest BCUT2D eigenvalue weighted by Crippen LogP contribution is 2.71. The third-order valence-corrected chi connectivity index (χ3v) is 39.0. The maximum absolute atomic E-state index is 12.7. The molecule has 16 aliphatic rings. The van der Waals surface area contributed by atoms with Crippen molar-refractivity contribution in [2.45, 2.75) is 552 Å². The number of fused-ring (bicyclic) bond motifs is 9. The Morgan fingerprint density at radius 2 is 0.524 bits per heavy atom. The first-order valence-corrected chi connectivity index (χ1v) is 59.6. The number of rotatable bonds is 36. The topological polar surface area (TPSA) is 263 Å². The Bertz CT molecular complexity index is 3740. The second-order valence-electron chi connectivity index (χ2n) is 49.5. The molecular formula is C123H218O20. The average Bonchev–Trinajstić information content (AvgIpc) is 1.59. The Kier molecular flexibility index (Phi) is 51.8. The lowest BCUT2D eigenvalue weighted by Crippen LogP contribution is -2.59. The van der Waals surface area contributed by atoms with Gasteiger partial charge in [-0.15, -0.1) is 0 Å². The number of carbonyl (C=O) groups is 10. The number of hydrogen-bond acceptors (Lipinski definition) is 20. The summed E-state index contributed by atoms with van der Waals surface area (Å²) in [5.41, 5.74) is -4.67. The summed E-state index contributed by atoms with van der Waals surface area (Å²) in [6, 6.07) is 0. The zero-order chi connectivity index (χ0) is 108. The van der Waals surface area contributed by atoms with Crippen LogP contribution >= 0.6 is 0 Å². The van der Waals surface area contributed by atoms with E-state index in [0.29, 0.717) is 61.7 Å². The fourth-order valence-corrected chi connectivity index (χ4v) is 29.5. The summed E-state index contributed by atoms with van der Waals surface area (Å²) in [5, 5.41) is 0. The second-order valence-corrected chi connectivity index (χ2v) is 49.5. The van der Waals surface area contributed by atoms with E-state index < -0.39 is 61.4 Å². The summed E-state index contributed by atoms with van der Waals surface area (Å²) < 4.78 is 56.8. The van der Waals surface area contributed by atoms with Crippen LogP contribution in [0.25, 0.3) is 0 Å². The van der Waals surface area contributed by atoms with Gasteiger partial charge in [0.25, 0.3) is 0 Å². The molecule has 0 aromatic heterocycles. The van der Waals surface area contributed by atoms with Crippen LogP contribution in [0.5, 0.6) is 0 Å². The lowest BCUT2D eigenvalue weighted by Gasteiger charge is -2.63. The van der Waals surface area contributed by atoms with E-state index in [-0.39, 0.29) is 97.2 Å². The van der Waals surface area contributed by atoms with Crippen LogP contribution in [0.4, 0.5) is 0 Å². The van der Waals surface area contributed by atoms with E-state index in [0.717, 1.165) is 148 Å². The van der Waals surface area contributed by atoms with Crippen LogP contribution in [-0.2, 0) is 95.3 Å². The first kappa shape index (κ1) is 128. The molecule has 0 heterocycles. The highest BCUT2D eigenvalue weighted by Gasteiger charge is 2.66. The predicted octanol–water partition coefficient (Wildman–Crippen LogP) is 31.2. The van der Waals surface area contributed by atoms with Crippen molar-refractivity contribution in [2.75, 3.05) is 33.0 Å². The summed E-state index contributed by atoms with van der Waals surface area (Å²) in [6.45, 7) is 63.8. The van der Waals surface area contributed by atoms with E-state index in [1.165, 1.54) is 186 Å². The van der Waals surface area contributed by atoms with Crippen LogP contribution in [0, 0.1) is 139 Å². The Morgan fingerprint density at radius 3 is 0.818 bits per heavy atom. The van der Waals surface area contributed by atoms with Crippen molar-refractivity contribution in [3.63, 3.8) is 0 Å². The molecule has 0 aromatic rings. The lowest BCUT2D eigenvalue weighted by atomic mass is 9.44. The molecule has 0 spiro atoms. The van der Waals surface area contributed by atoms with Gasteiger partial charge in [0, 0.05) is 16.7 Å². The standard InChI is InChI=1S/C23H36O4.C23H38O4.C23H40O4.C22H36O4.C22H38O4.5C2H6/c1-6-22(2,3)21(25)26-12-18(24)27-23(4,5)17-11-15-10-16(17)20-14-8-7-13(9-14)19(15)20;1-6-21(4,5)20(25)26-15-19(24)27-23(7-2,8-3)22-12-16-9-17(13-22)11-18(10-16)14-22;1-5-22(3,4)21(25)26-17-20(24)27-23(6-2,18-13-9-7-10-14-18)19-15-11-8-12-16-19;1-6-20(3,4)19(24)25-14-18(23)26-21(5,7-2)22-11-15-8-16(12-22)10-17(9-15)13-22;1-5-21(2,3)20(24)25-16-19(23)26-22(4,17-12-8-6-9-13-17)18-14-10-7-11-15-18;5*1-2/h13-17,19-20H,6-12H2,1-5H3;16-18H,6-15H2,1-5H3;18-19H,5-17H2,1-4H3;15-17H,6-14H2,1-5H3;17-18H,5-16H2,1-4H3;5*1-2H3. The maximum atomic E-state index is 12.7. The minimum atomic E-state index is -0.563. The summed E-state index contributed by atoms with van der Waals surface area (Å²) >= 11 is 0. The largest absolute Gasteiger partial charge is 0.457 e. The number of ether oxygens (including phenoxy) is 10. The van der Waals surface area contributed by atoms with Crippen molar-refractivity contribution in [3.8, 4) is 0 Å². The SMILES string of the molecule is CC.CC.CC.CC.CC.CCC(C)(C)C(=O)OCC(=O)OC(C)(C)C1CC2CC1C1C3CCC(C3)C21.CCC(C)(C)C(=O)OCC(=O)OC(C)(C1CCCCC1)C1CCCCC1.CCC(C)(C)C(=O)OCC(=O)OC(C)(CC)C12CC3CC(CC(C3)C1)C2.CCC(C)(C)C(=O)OCC(=O)OC(CC)(C1CCCCC1)C1CCCCC1.CCC(C)(C)C(=O)OCC(=O)OC(CC)(CC)C12CC3CC(CC(C3)C1)C2. The Morgan fingerprint density at radius 1 is 0.252 bits per heavy atom. The summed E-state index contributed by atoms with van der Waals surface area (Å²) in [6.07, 6.45) is 53.3. The molecule has 0 aromatic carbocycles. The molecule has 16 rings (SSSR count). The van der Waals surface area contributed by atoms with Crippen LogP contribution in [0.15, 0.2) is 0 Å². The van der Waals surface area contributed by atoms with Crippen molar-refractivity contribution < 1.29 is 95.3 Å². The smallest absolute Gasteiger partial charge is 0.344 e. The van der Waals surface area contributed by atoms with E-state index in [1.54, 1.807) is 0 Å². The first-order valence-electron chi connectivity index (χ1n) is 59.6. The van der Waals surface area contributed by atoms with Gasteiger partial charge in [-0.1, -0.05) is 209 Å². The van der Waals surface area contributed by atoms with Crippen molar-refractivity contribution >= 4 is 59.7 Å². The molecule has 20 heteroatoms. The normalized spacial score (nSPS) is 27.7. The van der Waals surface area contributed by atoms with Gasteiger partial charge in [-0.3, -0.25) is 24.0 Å². The van der Waals surface area contributed by atoms with Crippen molar-refractivity contribution in [3.05, 3.63) is 0 Å². The van der Waals surface area contributed by atoms with Crippen molar-refractivity contribution in [1.82, 2.24) is 0 Å². The van der Waals surface area contributed by atoms with Gasteiger partial charge < -0.3 is 47.4 Å². The molecular weight excluding hydrogens is 1800 g/mol. The molecule has 143 heavy (non-hydrogen) atoms. The molecule has 16 fully saturated rings. The van der Waals surface area contributed by atoms with E-state index in [4.69, 9.17) is 47.4 Å². The molecule has 16 aliphatic carbocycles. The quantitative estimate of drug-likeness (QED) is 0.0320.